The maximum Gasteiger partial charge on any atom is 0.141 e. The second-order valence-corrected chi connectivity index (χ2v) is 5.74. The zero-order valence-electron chi connectivity index (χ0n) is 10.5. The minimum absolute atomic E-state index is 0.0755. The Kier molecular flexibility index (Phi) is 4.39. The highest BCUT2D eigenvalue weighted by Gasteiger charge is 2.16. The van der Waals surface area contributed by atoms with Crippen LogP contribution in [0.5, 0.6) is 0 Å². The van der Waals surface area contributed by atoms with Crippen LogP contribution in [0.3, 0.4) is 0 Å². The van der Waals surface area contributed by atoms with Crippen molar-refractivity contribution < 1.29 is 4.39 Å². The van der Waals surface area contributed by atoms with Gasteiger partial charge in [-0.3, -0.25) is 0 Å². The molecule has 0 N–H and O–H groups in total. The molecule has 1 unspecified atom stereocenters. The Hall–Kier alpha value is -0.760. The van der Waals surface area contributed by atoms with Crippen molar-refractivity contribution in [1.29, 1.82) is 0 Å². The first-order chi connectivity index (χ1) is 8.90. The Morgan fingerprint density at radius 1 is 0.947 bits per heavy atom. The third-order valence-corrected chi connectivity index (χ3v) is 4.24. The van der Waals surface area contributed by atoms with Gasteiger partial charge in [0.2, 0.25) is 0 Å². The van der Waals surface area contributed by atoms with Crippen LogP contribution in [0.2, 0.25) is 10.0 Å². The van der Waals surface area contributed by atoms with Crippen LogP contribution in [-0.4, -0.2) is 0 Å². The van der Waals surface area contributed by atoms with Gasteiger partial charge in [-0.25, -0.2) is 4.39 Å². The molecule has 4 heteroatoms. The molecule has 2 aromatic carbocycles. The first kappa shape index (κ1) is 14.6. The number of rotatable bonds is 2. The fourth-order valence-electron chi connectivity index (χ4n) is 1.93. The SMILES string of the molecule is Cc1cc(C(Cl)c2ccc(F)c(Cl)c2)c(C)cc1Cl. The van der Waals surface area contributed by atoms with Gasteiger partial charge in [-0.15, -0.1) is 11.6 Å². The second-order valence-electron chi connectivity index (χ2n) is 4.49. The normalized spacial score (nSPS) is 12.5. The summed E-state index contributed by atoms with van der Waals surface area (Å²) in [4.78, 5) is 0. The van der Waals surface area contributed by atoms with Crippen LogP contribution in [0.4, 0.5) is 4.39 Å². The van der Waals surface area contributed by atoms with E-state index in [9.17, 15) is 4.39 Å². The molecular weight excluding hydrogens is 306 g/mol. The largest absolute Gasteiger partial charge is 0.205 e. The molecule has 0 aliphatic carbocycles. The van der Waals surface area contributed by atoms with Crippen LogP contribution in [-0.2, 0) is 0 Å². The van der Waals surface area contributed by atoms with Crippen molar-refractivity contribution in [2.75, 3.05) is 0 Å². The van der Waals surface area contributed by atoms with Crippen molar-refractivity contribution in [3.63, 3.8) is 0 Å². The fraction of sp³-hybridized carbons (Fsp3) is 0.200. The average molecular weight is 318 g/mol. The van der Waals surface area contributed by atoms with Gasteiger partial charge in [0.1, 0.15) is 5.82 Å². The molecule has 0 aliphatic rings. The van der Waals surface area contributed by atoms with E-state index in [1.54, 1.807) is 12.1 Å². The molecule has 0 heterocycles. The predicted molar refractivity (Wildman–Crippen MR) is 80.0 cm³/mol. The zero-order chi connectivity index (χ0) is 14.2. The van der Waals surface area contributed by atoms with E-state index in [0.717, 1.165) is 22.3 Å². The van der Waals surface area contributed by atoms with Gasteiger partial charge in [-0.1, -0.05) is 35.3 Å². The number of benzene rings is 2. The van der Waals surface area contributed by atoms with Crippen LogP contribution in [0.15, 0.2) is 30.3 Å². The van der Waals surface area contributed by atoms with Gasteiger partial charge in [0.25, 0.3) is 0 Å². The summed E-state index contributed by atoms with van der Waals surface area (Å²) in [6.07, 6.45) is 0. The van der Waals surface area contributed by atoms with Crippen LogP contribution in [0.1, 0.15) is 27.6 Å². The summed E-state index contributed by atoms with van der Waals surface area (Å²) in [6, 6.07) is 8.35. The number of halogens is 4. The van der Waals surface area contributed by atoms with E-state index in [2.05, 4.69) is 0 Å². The molecule has 0 fully saturated rings. The molecule has 2 rings (SSSR count). The lowest BCUT2D eigenvalue weighted by Crippen LogP contribution is -1.98. The molecular formula is C15H12Cl3F. The standard InChI is InChI=1S/C15H12Cl3F/c1-8-6-12(16)9(2)5-11(8)15(18)10-3-4-14(19)13(17)7-10/h3-7,15H,1-2H3. The molecule has 100 valence electrons. The fourth-order valence-corrected chi connectivity index (χ4v) is 2.70. The van der Waals surface area contributed by atoms with Gasteiger partial charge >= 0.3 is 0 Å². The lowest BCUT2D eigenvalue weighted by molar-refractivity contribution is 0.627. The van der Waals surface area contributed by atoms with E-state index in [1.165, 1.54) is 6.07 Å². The van der Waals surface area contributed by atoms with E-state index in [1.807, 2.05) is 26.0 Å². The highest BCUT2D eigenvalue weighted by atomic mass is 35.5. The number of hydrogen-bond donors (Lipinski definition) is 0. The van der Waals surface area contributed by atoms with Crippen molar-refractivity contribution >= 4 is 34.8 Å². The number of alkyl halides is 1. The number of hydrogen-bond acceptors (Lipinski definition) is 0. The summed E-state index contributed by atoms with van der Waals surface area (Å²) < 4.78 is 13.2. The van der Waals surface area contributed by atoms with Crippen molar-refractivity contribution in [3.05, 3.63) is 68.4 Å². The van der Waals surface area contributed by atoms with Crippen LogP contribution >= 0.6 is 34.8 Å². The van der Waals surface area contributed by atoms with Gasteiger partial charge < -0.3 is 0 Å². The third-order valence-electron chi connectivity index (χ3n) is 3.06. The minimum Gasteiger partial charge on any atom is -0.205 e. The highest BCUT2D eigenvalue weighted by Crippen LogP contribution is 2.35. The molecule has 1 atom stereocenters. The molecule has 0 saturated carbocycles. The Morgan fingerprint density at radius 2 is 1.63 bits per heavy atom. The van der Waals surface area contributed by atoms with E-state index >= 15 is 0 Å². The summed E-state index contributed by atoms with van der Waals surface area (Å²) in [7, 11) is 0. The van der Waals surface area contributed by atoms with Crippen LogP contribution < -0.4 is 0 Å². The maximum absolute atomic E-state index is 13.2. The predicted octanol–water partition coefficient (Wildman–Crippen LogP) is 6.08. The summed E-state index contributed by atoms with van der Waals surface area (Å²) in [6.45, 7) is 3.87. The summed E-state index contributed by atoms with van der Waals surface area (Å²) in [5, 5.41) is 0.405. The van der Waals surface area contributed by atoms with Crippen molar-refractivity contribution in [1.82, 2.24) is 0 Å². The Labute approximate surface area is 127 Å². The Morgan fingerprint density at radius 3 is 2.26 bits per heavy atom. The summed E-state index contributed by atoms with van der Waals surface area (Å²) in [5.74, 6) is -0.446. The molecule has 0 amide bonds. The molecule has 0 radical (unpaired) electrons. The monoisotopic (exact) mass is 316 g/mol. The minimum atomic E-state index is -0.446. The van der Waals surface area contributed by atoms with Crippen molar-refractivity contribution in [3.8, 4) is 0 Å². The number of aryl methyl sites for hydroxylation is 2. The van der Waals surface area contributed by atoms with Gasteiger partial charge in [-0.05, 0) is 54.3 Å². The van der Waals surface area contributed by atoms with Crippen molar-refractivity contribution in [2.24, 2.45) is 0 Å². The lowest BCUT2D eigenvalue weighted by atomic mass is 9.98. The third kappa shape index (κ3) is 3.05. The second kappa shape index (κ2) is 5.70. The molecule has 19 heavy (non-hydrogen) atoms. The van der Waals surface area contributed by atoms with Gasteiger partial charge in [-0.2, -0.15) is 0 Å². The van der Waals surface area contributed by atoms with Crippen molar-refractivity contribution in [2.45, 2.75) is 19.2 Å². The van der Waals surface area contributed by atoms with Gasteiger partial charge in [0.05, 0.1) is 10.4 Å². The maximum atomic E-state index is 13.2. The first-order valence-corrected chi connectivity index (χ1v) is 6.95. The first-order valence-electron chi connectivity index (χ1n) is 5.76. The van der Waals surface area contributed by atoms with E-state index in [0.29, 0.717) is 5.02 Å². The molecule has 0 saturated heterocycles. The molecule has 0 nitrogen and oxygen atoms in total. The quantitative estimate of drug-likeness (QED) is 0.589. The van der Waals surface area contributed by atoms with E-state index < -0.39 is 5.82 Å². The van der Waals surface area contributed by atoms with Crippen LogP contribution in [0, 0.1) is 19.7 Å². The lowest BCUT2D eigenvalue weighted by Gasteiger charge is -2.15. The topological polar surface area (TPSA) is 0 Å². The zero-order valence-corrected chi connectivity index (χ0v) is 12.7. The average Bonchev–Trinajstić information content (AvgIpc) is 2.36. The molecule has 0 aromatic heterocycles. The van der Waals surface area contributed by atoms with E-state index in [4.69, 9.17) is 34.8 Å². The van der Waals surface area contributed by atoms with Gasteiger partial charge in [0.15, 0.2) is 0 Å². The Bertz CT molecular complexity index is 623. The van der Waals surface area contributed by atoms with E-state index in [-0.39, 0.29) is 10.4 Å². The smallest absolute Gasteiger partial charge is 0.141 e. The summed E-state index contributed by atoms with van der Waals surface area (Å²) >= 11 is 18.3. The molecule has 2 aromatic rings. The molecule has 0 aliphatic heterocycles. The molecule has 0 spiro atoms. The highest BCUT2D eigenvalue weighted by molar-refractivity contribution is 6.31. The van der Waals surface area contributed by atoms with Gasteiger partial charge in [0, 0.05) is 5.02 Å². The Balaban J connectivity index is 2.46. The molecule has 0 bridgehead atoms. The van der Waals surface area contributed by atoms with Crippen LogP contribution in [0.25, 0.3) is 0 Å². The summed E-state index contributed by atoms with van der Waals surface area (Å²) in [5.41, 5.74) is 3.67.